The van der Waals surface area contributed by atoms with E-state index in [1.165, 1.54) is 0 Å². The predicted molar refractivity (Wildman–Crippen MR) is 120 cm³/mol. The van der Waals surface area contributed by atoms with Gasteiger partial charge in [-0.15, -0.1) is 0 Å². The number of nitrogens with one attached hydrogen (secondary N) is 3. The highest BCUT2D eigenvalue weighted by molar-refractivity contribution is 5.90. The summed E-state index contributed by atoms with van der Waals surface area (Å²) in [4.78, 5) is 16.8. The van der Waals surface area contributed by atoms with Crippen LogP contribution in [0.5, 0.6) is 0 Å². The summed E-state index contributed by atoms with van der Waals surface area (Å²) in [5.74, 6) is 0.662. The fourth-order valence-electron chi connectivity index (χ4n) is 2.73. The van der Waals surface area contributed by atoms with Crippen LogP contribution in [0.1, 0.15) is 38.7 Å². The first-order chi connectivity index (χ1) is 14.7. The van der Waals surface area contributed by atoms with Crippen molar-refractivity contribution in [2.45, 2.75) is 46.2 Å². The number of unbranched alkanes of at least 4 members (excludes halogenated alkanes) is 1. The molecule has 0 aliphatic carbocycles. The highest BCUT2D eigenvalue weighted by atomic mass is 16.5. The molecule has 3 N–H and O–H groups in total. The Labute approximate surface area is 179 Å². The Bertz CT molecular complexity index is 761. The number of rotatable bonds is 13. The van der Waals surface area contributed by atoms with Crippen molar-refractivity contribution >= 4 is 17.6 Å². The Kier molecular flexibility index (Phi) is 11.1. The Balaban J connectivity index is 1.80. The number of amides is 1. The van der Waals surface area contributed by atoms with Crippen LogP contribution in [0.15, 0.2) is 47.7 Å². The zero-order chi connectivity index (χ0) is 21.4. The molecule has 0 bridgehead atoms. The number of nitrogens with zero attached hydrogens (tertiary/aromatic N) is 3. The number of ether oxygens (including phenoxy) is 1. The van der Waals surface area contributed by atoms with Crippen molar-refractivity contribution in [3.05, 3.63) is 48.3 Å². The van der Waals surface area contributed by atoms with Crippen molar-refractivity contribution in [1.29, 1.82) is 0 Å². The first kappa shape index (κ1) is 23.4. The number of benzene rings is 1. The number of carbonyl (C=O) groups is 1. The molecule has 1 aromatic heterocycles. The average molecular weight is 415 g/mol. The fraction of sp³-hybridized carbons (Fsp3) is 0.500. The van der Waals surface area contributed by atoms with Gasteiger partial charge in [-0.25, -0.2) is 4.99 Å². The lowest BCUT2D eigenvalue weighted by Crippen LogP contribution is -2.38. The molecule has 30 heavy (non-hydrogen) atoms. The average Bonchev–Trinajstić information content (AvgIpc) is 3.24. The summed E-state index contributed by atoms with van der Waals surface area (Å²) in [6, 6.07) is 9.52. The van der Waals surface area contributed by atoms with E-state index in [0.29, 0.717) is 6.54 Å². The lowest BCUT2D eigenvalue weighted by atomic mass is 10.2. The van der Waals surface area contributed by atoms with Gasteiger partial charge >= 0.3 is 0 Å². The molecule has 8 nitrogen and oxygen atoms in total. The maximum atomic E-state index is 12.1. The molecule has 0 aliphatic heterocycles. The van der Waals surface area contributed by atoms with Gasteiger partial charge in [0.05, 0.1) is 6.54 Å². The Morgan fingerprint density at radius 2 is 2.03 bits per heavy atom. The third-order valence-electron chi connectivity index (χ3n) is 4.24. The lowest BCUT2D eigenvalue weighted by Gasteiger charge is -2.12. The lowest BCUT2D eigenvalue weighted by molar-refractivity contribution is -0.116. The third-order valence-corrected chi connectivity index (χ3v) is 4.24. The number of carbonyl (C=O) groups excluding carboxylic acids is 1. The smallest absolute Gasteiger partial charge is 0.246 e. The minimum Gasteiger partial charge on any atom is -0.381 e. The molecule has 8 heteroatoms. The molecule has 0 fully saturated rings. The topological polar surface area (TPSA) is 92.6 Å². The molecule has 1 amide bonds. The highest BCUT2D eigenvalue weighted by Gasteiger charge is 2.05. The standard InChI is InChI=1S/C22H34N6O2/c1-3-5-14-30-15-8-11-24-22(23-4-2)25-17-19-9-6-10-20(16-19)27-21(29)18-28-13-7-12-26-28/h6-7,9-10,12-13,16H,3-5,8,11,14-15,17-18H2,1-2H3,(H,27,29)(H2,23,24,25). The van der Waals surface area contributed by atoms with Crippen molar-refractivity contribution in [2.24, 2.45) is 4.99 Å². The second-order valence-electron chi connectivity index (χ2n) is 6.89. The first-order valence-electron chi connectivity index (χ1n) is 10.7. The predicted octanol–water partition coefficient (Wildman–Crippen LogP) is 2.78. The largest absolute Gasteiger partial charge is 0.381 e. The monoisotopic (exact) mass is 414 g/mol. The summed E-state index contributed by atoms with van der Waals surface area (Å²) in [5, 5.41) is 13.5. The molecular weight excluding hydrogens is 380 g/mol. The maximum Gasteiger partial charge on any atom is 0.246 e. The van der Waals surface area contributed by atoms with E-state index in [-0.39, 0.29) is 12.5 Å². The van der Waals surface area contributed by atoms with E-state index in [0.717, 1.165) is 62.8 Å². The van der Waals surface area contributed by atoms with Crippen LogP contribution >= 0.6 is 0 Å². The van der Waals surface area contributed by atoms with Gasteiger partial charge in [-0.05, 0) is 43.5 Å². The van der Waals surface area contributed by atoms with Crippen LogP contribution < -0.4 is 16.0 Å². The molecule has 0 radical (unpaired) electrons. The minimum absolute atomic E-state index is 0.115. The fourth-order valence-corrected chi connectivity index (χ4v) is 2.73. The van der Waals surface area contributed by atoms with Gasteiger partial charge < -0.3 is 20.7 Å². The van der Waals surface area contributed by atoms with Crippen LogP contribution in [0.4, 0.5) is 5.69 Å². The molecule has 0 unspecified atom stereocenters. The minimum atomic E-state index is -0.115. The van der Waals surface area contributed by atoms with E-state index in [4.69, 9.17) is 4.74 Å². The van der Waals surface area contributed by atoms with E-state index in [1.807, 2.05) is 31.2 Å². The number of hydrogen-bond acceptors (Lipinski definition) is 4. The SMILES string of the molecule is CCCCOCCCNC(=NCc1cccc(NC(=O)Cn2cccn2)c1)NCC. The molecule has 2 rings (SSSR count). The number of hydrogen-bond donors (Lipinski definition) is 3. The second-order valence-corrected chi connectivity index (χ2v) is 6.89. The van der Waals surface area contributed by atoms with Crippen molar-refractivity contribution < 1.29 is 9.53 Å². The van der Waals surface area contributed by atoms with Gasteiger partial charge in [0.1, 0.15) is 6.54 Å². The molecule has 164 valence electrons. The highest BCUT2D eigenvalue weighted by Crippen LogP contribution is 2.11. The zero-order valence-corrected chi connectivity index (χ0v) is 18.1. The second kappa shape index (κ2) is 14.2. The Morgan fingerprint density at radius 3 is 2.80 bits per heavy atom. The van der Waals surface area contributed by atoms with Crippen LogP contribution in [0.25, 0.3) is 0 Å². The van der Waals surface area contributed by atoms with Crippen LogP contribution in [0.3, 0.4) is 0 Å². The molecule has 0 saturated carbocycles. The van der Waals surface area contributed by atoms with E-state index in [2.05, 4.69) is 33.0 Å². The van der Waals surface area contributed by atoms with Crippen molar-refractivity contribution in [3.8, 4) is 0 Å². The molecule has 1 aromatic carbocycles. The molecule has 0 aliphatic rings. The molecule has 0 atom stereocenters. The van der Waals surface area contributed by atoms with Gasteiger partial charge in [0.15, 0.2) is 5.96 Å². The van der Waals surface area contributed by atoms with Crippen molar-refractivity contribution in [1.82, 2.24) is 20.4 Å². The molecular formula is C22H34N6O2. The van der Waals surface area contributed by atoms with Gasteiger partial charge in [-0.3, -0.25) is 9.48 Å². The number of anilines is 1. The van der Waals surface area contributed by atoms with Crippen LogP contribution in [0.2, 0.25) is 0 Å². The summed E-state index contributed by atoms with van der Waals surface area (Å²) in [6.07, 6.45) is 6.62. The van der Waals surface area contributed by atoms with Gasteiger partial charge in [0.25, 0.3) is 0 Å². The number of guanidine groups is 1. The Morgan fingerprint density at radius 1 is 1.17 bits per heavy atom. The molecule has 2 aromatic rings. The van der Waals surface area contributed by atoms with Crippen LogP contribution in [-0.2, 0) is 22.6 Å². The Hall–Kier alpha value is -2.87. The summed E-state index contributed by atoms with van der Waals surface area (Å²) in [7, 11) is 0. The third kappa shape index (κ3) is 9.56. The summed E-state index contributed by atoms with van der Waals surface area (Å²) < 4.78 is 7.17. The number of aliphatic imine (C=N–C) groups is 1. The molecule has 1 heterocycles. The van der Waals surface area contributed by atoms with Crippen molar-refractivity contribution in [3.63, 3.8) is 0 Å². The van der Waals surface area contributed by atoms with E-state index in [9.17, 15) is 4.79 Å². The van der Waals surface area contributed by atoms with E-state index in [1.54, 1.807) is 23.1 Å². The van der Waals surface area contributed by atoms with E-state index < -0.39 is 0 Å². The molecule has 0 spiro atoms. The van der Waals surface area contributed by atoms with Gasteiger partial charge in [-0.1, -0.05) is 25.5 Å². The van der Waals surface area contributed by atoms with Crippen LogP contribution in [-0.4, -0.2) is 48.0 Å². The quantitative estimate of drug-likeness (QED) is 0.266. The first-order valence-corrected chi connectivity index (χ1v) is 10.7. The maximum absolute atomic E-state index is 12.1. The summed E-state index contributed by atoms with van der Waals surface area (Å²) in [6.45, 7) is 8.10. The van der Waals surface area contributed by atoms with Crippen molar-refractivity contribution in [2.75, 3.05) is 31.6 Å². The normalized spacial score (nSPS) is 11.3. The van der Waals surface area contributed by atoms with Gasteiger partial charge in [0.2, 0.25) is 5.91 Å². The van der Waals surface area contributed by atoms with Gasteiger partial charge in [-0.2, -0.15) is 5.10 Å². The number of aromatic nitrogens is 2. The summed E-state index contributed by atoms with van der Waals surface area (Å²) >= 11 is 0. The van der Waals surface area contributed by atoms with E-state index >= 15 is 0 Å². The molecule has 0 saturated heterocycles. The van der Waals surface area contributed by atoms with Crippen LogP contribution in [0, 0.1) is 0 Å². The van der Waals surface area contributed by atoms with Gasteiger partial charge in [0, 0.05) is 44.4 Å². The zero-order valence-electron chi connectivity index (χ0n) is 18.1. The summed E-state index contributed by atoms with van der Waals surface area (Å²) in [5.41, 5.74) is 1.77.